The van der Waals surface area contributed by atoms with Crippen molar-refractivity contribution < 1.29 is 22.6 Å². The Kier molecular flexibility index (Phi) is 3.17. The van der Waals surface area contributed by atoms with Crippen molar-refractivity contribution in [3.05, 3.63) is 23.9 Å². The van der Waals surface area contributed by atoms with Gasteiger partial charge in [0.05, 0.1) is 0 Å². The van der Waals surface area contributed by atoms with Crippen LogP contribution >= 0.6 is 0 Å². The second-order valence-corrected chi connectivity index (χ2v) is 4.01. The second-order valence-electron chi connectivity index (χ2n) is 3.40. The number of rotatable bonds is 4. The molecule has 0 saturated carbocycles. The van der Waals surface area contributed by atoms with Crippen molar-refractivity contribution in [2.75, 3.05) is 12.1 Å². The Morgan fingerprint density at radius 2 is 2.22 bits per heavy atom. The molecule has 0 fully saturated rings. The van der Waals surface area contributed by atoms with Crippen LogP contribution in [0.1, 0.15) is 10.5 Å². The highest BCUT2D eigenvalue weighted by Crippen LogP contribution is 2.18. The van der Waals surface area contributed by atoms with Crippen LogP contribution in [-0.2, 0) is 15.3 Å². The number of aromatic amines is 1. The van der Waals surface area contributed by atoms with Crippen LogP contribution < -0.4 is 5.06 Å². The molecule has 0 bridgehead atoms. The molecule has 2 aromatic heterocycles. The van der Waals surface area contributed by atoms with Gasteiger partial charge >= 0.3 is 5.97 Å². The van der Waals surface area contributed by atoms with Crippen LogP contribution in [-0.4, -0.2) is 36.5 Å². The van der Waals surface area contributed by atoms with Crippen molar-refractivity contribution in [2.24, 2.45) is 0 Å². The number of hydrogen-bond donors (Lipinski definition) is 3. The summed E-state index contributed by atoms with van der Waals surface area (Å²) in [4.78, 5) is 17.4. The Morgan fingerprint density at radius 1 is 1.50 bits per heavy atom. The molecule has 2 heterocycles. The highest BCUT2D eigenvalue weighted by atomic mass is 32.2. The van der Waals surface area contributed by atoms with E-state index in [1.165, 1.54) is 19.2 Å². The van der Waals surface area contributed by atoms with Crippen LogP contribution in [0.4, 0.5) is 5.82 Å². The van der Waals surface area contributed by atoms with Crippen LogP contribution in [0.5, 0.6) is 0 Å². The van der Waals surface area contributed by atoms with E-state index >= 15 is 0 Å². The first kappa shape index (κ1) is 12.3. The van der Waals surface area contributed by atoms with E-state index in [1.54, 1.807) is 6.07 Å². The monoisotopic (exact) mass is 271 g/mol. The Balaban J connectivity index is 2.40. The minimum absolute atomic E-state index is 0.00752. The van der Waals surface area contributed by atoms with Gasteiger partial charge in [-0.15, -0.1) is 4.28 Å². The number of fused-ring (bicyclic) bond motifs is 1. The number of carbonyl (C=O) groups is 1. The standard InChI is InChI=1S/C9H9N3O5S/c1-12(17-18(15)16)7-3-2-5-4-6(9(13)14)10-8(5)11-7/h2-4,18H,1H3,(H,10,11)(H,13,14). The third kappa shape index (κ3) is 2.41. The number of thiol groups is 1. The SMILES string of the molecule is CN(O[SH](=O)=O)c1ccc2cc(C(=O)O)[nH]c2n1. The summed E-state index contributed by atoms with van der Waals surface area (Å²) in [6, 6.07) is 4.56. The van der Waals surface area contributed by atoms with Gasteiger partial charge in [-0.25, -0.2) is 23.3 Å². The molecule has 0 aliphatic rings. The summed E-state index contributed by atoms with van der Waals surface area (Å²) in [7, 11) is -1.65. The zero-order valence-electron chi connectivity index (χ0n) is 9.15. The summed E-state index contributed by atoms with van der Waals surface area (Å²) in [5.41, 5.74) is 0.342. The summed E-state index contributed by atoms with van der Waals surface area (Å²) in [6.45, 7) is 0. The third-order valence-corrected chi connectivity index (χ3v) is 2.59. The first-order valence-corrected chi connectivity index (χ1v) is 5.86. The van der Waals surface area contributed by atoms with Gasteiger partial charge in [0.2, 0.25) is 0 Å². The molecule has 0 saturated heterocycles. The number of aromatic carboxylic acids is 1. The van der Waals surface area contributed by atoms with Crippen LogP contribution in [0.25, 0.3) is 11.0 Å². The predicted octanol–water partition coefficient (Wildman–Crippen LogP) is 0.155. The van der Waals surface area contributed by atoms with Crippen LogP contribution in [0, 0.1) is 0 Å². The highest BCUT2D eigenvalue weighted by molar-refractivity contribution is 7.67. The molecule has 0 aromatic carbocycles. The molecule has 18 heavy (non-hydrogen) atoms. The largest absolute Gasteiger partial charge is 0.477 e. The Hall–Kier alpha value is -2.13. The number of hydrogen-bond acceptors (Lipinski definition) is 6. The zero-order chi connectivity index (χ0) is 13.3. The number of nitrogens with zero attached hydrogens (tertiary/aromatic N) is 2. The van der Waals surface area contributed by atoms with Crippen LogP contribution in [0.3, 0.4) is 0 Å². The number of pyridine rings is 1. The molecule has 96 valence electrons. The Labute approximate surface area is 103 Å². The van der Waals surface area contributed by atoms with E-state index in [4.69, 9.17) is 5.11 Å². The average molecular weight is 271 g/mol. The normalized spacial score (nSPS) is 11.0. The highest BCUT2D eigenvalue weighted by Gasteiger charge is 2.10. The van der Waals surface area contributed by atoms with Crippen molar-refractivity contribution in [2.45, 2.75) is 0 Å². The molecule has 0 unspecified atom stereocenters. The van der Waals surface area contributed by atoms with Crippen LogP contribution in [0.2, 0.25) is 0 Å². The molecule has 0 aliphatic heterocycles. The quantitative estimate of drug-likeness (QED) is 0.536. The first-order valence-electron chi connectivity index (χ1n) is 4.76. The number of carboxylic acids is 1. The van der Waals surface area contributed by atoms with E-state index in [-0.39, 0.29) is 11.5 Å². The molecule has 2 aromatic rings. The van der Waals surface area contributed by atoms with Crippen molar-refractivity contribution >= 4 is 33.8 Å². The van der Waals surface area contributed by atoms with Crippen molar-refractivity contribution in [1.82, 2.24) is 9.97 Å². The van der Waals surface area contributed by atoms with Gasteiger partial charge in [0, 0.05) is 12.4 Å². The minimum atomic E-state index is -3.03. The number of carboxylic acid groups (broad SMARTS) is 1. The third-order valence-electron chi connectivity index (χ3n) is 2.21. The van der Waals surface area contributed by atoms with Gasteiger partial charge in [-0.05, 0) is 18.2 Å². The molecule has 2 N–H and O–H groups in total. The first-order chi connectivity index (χ1) is 8.47. The molecule has 8 nitrogen and oxygen atoms in total. The van der Waals surface area contributed by atoms with E-state index in [2.05, 4.69) is 14.3 Å². The van der Waals surface area contributed by atoms with Crippen LogP contribution in [0.15, 0.2) is 18.2 Å². The molecule has 9 heteroatoms. The van der Waals surface area contributed by atoms with Crippen molar-refractivity contribution in [1.29, 1.82) is 0 Å². The zero-order valence-corrected chi connectivity index (χ0v) is 10.0. The molecule has 0 atom stereocenters. The number of anilines is 1. The van der Waals surface area contributed by atoms with Gasteiger partial charge in [0.15, 0.2) is 5.82 Å². The maximum atomic E-state index is 10.8. The maximum Gasteiger partial charge on any atom is 0.352 e. The summed E-state index contributed by atoms with van der Waals surface area (Å²) in [6.07, 6.45) is 0. The Morgan fingerprint density at radius 3 is 2.83 bits per heavy atom. The van der Waals surface area contributed by atoms with Gasteiger partial charge in [-0.1, -0.05) is 0 Å². The molecular weight excluding hydrogens is 262 g/mol. The lowest BCUT2D eigenvalue weighted by Gasteiger charge is -2.12. The lowest BCUT2D eigenvalue weighted by molar-refractivity contribution is 0.0691. The van der Waals surface area contributed by atoms with Gasteiger partial charge in [0.1, 0.15) is 11.3 Å². The Bertz CT molecular complexity index is 670. The van der Waals surface area contributed by atoms with E-state index < -0.39 is 17.0 Å². The van der Waals surface area contributed by atoms with E-state index in [9.17, 15) is 13.2 Å². The van der Waals surface area contributed by atoms with Gasteiger partial charge in [0.25, 0.3) is 11.0 Å². The van der Waals surface area contributed by atoms with Gasteiger partial charge in [-0.2, -0.15) is 0 Å². The molecular formula is C9H9N3O5S. The summed E-state index contributed by atoms with van der Waals surface area (Å²) in [5.74, 6) is -0.859. The van der Waals surface area contributed by atoms with Gasteiger partial charge < -0.3 is 10.1 Å². The maximum absolute atomic E-state index is 10.8. The van der Waals surface area contributed by atoms with E-state index in [0.29, 0.717) is 11.0 Å². The lowest BCUT2D eigenvalue weighted by Crippen LogP contribution is -2.17. The summed E-state index contributed by atoms with van der Waals surface area (Å²) < 4.78 is 25.2. The fourth-order valence-corrected chi connectivity index (χ4v) is 1.71. The van der Waals surface area contributed by atoms with E-state index in [0.717, 1.165) is 5.06 Å². The van der Waals surface area contributed by atoms with E-state index in [1.807, 2.05) is 0 Å². The molecule has 0 spiro atoms. The topological polar surface area (TPSA) is 113 Å². The smallest absolute Gasteiger partial charge is 0.352 e. The fraction of sp³-hybridized carbons (Fsp3) is 0.111. The predicted molar refractivity (Wildman–Crippen MR) is 62.9 cm³/mol. The number of nitrogens with one attached hydrogen (secondary N) is 1. The average Bonchev–Trinajstić information content (AvgIpc) is 2.70. The van der Waals surface area contributed by atoms with Gasteiger partial charge in [-0.3, -0.25) is 0 Å². The fourth-order valence-electron chi connectivity index (χ4n) is 1.43. The number of hydroxylamine groups is 1. The molecule has 2 rings (SSSR count). The second kappa shape index (κ2) is 4.63. The lowest BCUT2D eigenvalue weighted by atomic mass is 10.3. The summed E-state index contributed by atoms with van der Waals surface area (Å²) in [5, 5.41) is 10.4. The number of H-pyrrole nitrogens is 1. The molecule has 0 aliphatic carbocycles. The molecule has 0 radical (unpaired) electrons. The van der Waals surface area contributed by atoms with Crippen molar-refractivity contribution in [3.8, 4) is 0 Å². The molecule has 0 amide bonds. The van der Waals surface area contributed by atoms with Crippen molar-refractivity contribution in [3.63, 3.8) is 0 Å². The summed E-state index contributed by atoms with van der Waals surface area (Å²) >= 11 is 0. The minimum Gasteiger partial charge on any atom is -0.477 e. The number of aromatic nitrogens is 2.